The number of hydrogen-bond acceptors (Lipinski definition) is 6. The topological polar surface area (TPSA) is 81.9 Å². The predicted molar refractivity (Wildman–Crippen MR) is 85.5 cm³/mol. The lowest BCUT2D eigenvalue weighted by atomic mass is 10.1. The maximum absolute atomic E-state index is 11.7. The maximum Gasteiger partial charge on any atom is 0.305 e. The van der Waals surface area contributed by atoms with Crippen LogP contribution >= 0.6 is 0 Å². The second-order valence-electron chi connectivity index (χ2n) is 5.59. The first-order valence-corrected chi connectivity index (χ1v) is 7.79. The summed E-state index contributed by atoms with van der Waals surface area (Å²) in [6.45, 7) is 1.61. The molecule has 126 valence electrons. The molecule has 0 amide bonds. The van der Waals surface area contributed by atoms with Crippen LogP contribution in [0.4, 0.5) is 11.4 Å². The Kier molecular flexibility index (Phi) is 6.34. The highest BCUT2D eigenvalue weighted by atomic mass is 16.6. The zero-order valence-electron chi connectivity index (χ0n) is 13.3. The van der Waals surface area contributed by atoms with E-state index in [0.717, 1.165) is 31.6 Å². The third-order valence-corrected chi connectivity index (χ3v) is 3.89. The van der Waals surface area contributed by atoms with E-state index in [-0.39, 0.29) is 24.4 Å². The smallest absolute Gasteiger partial charge is 0.305 e. The standard InChI is InChI=1S/C16H22N2O5/c1-17(13-4-6-14(7-5-13)18(20)21)10-12-23-16(19)9-8-15-3-2-11-22-15/h4-7,15H,2-3,8-12H2,1H3. The fraction of sp³-hybridized carbons (Fsp3) is 0.562. The van der Waals surface area contributed by atoms with Crippen LogP contribution in [0.5, 0.6) is 0 Å². The van der Waals surface area contributed by atoms with Crippen molar-refractivity contribution in [2.75, 3.05) is 31.7 Å². The average molecular weight is 322 g/mol. The van der Waals surface area contributed by atoms with Crippen molar-refractivity contribution >= 4 is 17.3 Å². The van der Waals surface area contributed by atoms with Crippen LogP contribution in [0.15, 0.2) is 24.3 Å². The number of hydrogen-bond donors (Lipinski definition) is 0. The van der Waals surface area contributed by atoms with Gasteiger partial charge in [-0.25, -0.2) is 0 Å². The van der Waals surface area contributed by atoms with Crippen LogP contribution in [0.25, 0.3) is 0 Å². The highest BCUT2D eigenvalue weighted by Gasteiger charge is 2.17. The molecule has 0 N–H and O–H groups in total. The number of non-ortho nitro benzene ring substituents is 1. The van der Waals surface area contributed by atoms with Gasteiger partial charge in [0.1, 0.15) is 6.61 Å². The van der Waals surface area contributed by atoms with E-state index in [1.165, 1.54) is 12.1 Å². The van der Waals surface area contributed by atoms with Crippen molar-refractivity contribution in [3.05, 3.63) is 34.4 Å². The first-order valence-electron chi connectivity index (χ1n) is 7.79. The van der Waals surface area contributed by atoms with Crippen LogP contribution < -0.4 is 4.90 Å². The molecule has 1 aliphatic heterocycles. The van der Waals surface area contributed by atoms with Gasteiger partial charge in [0.2, 0.25) is 0 Å². The largest absolute Gasteiger partial charge is 0.464 e. The van der Waals surface area contributed by atoms with Crippen molar-refractivity contribution in [1.82, 2.24) is 0 Å². The first kappa shape index (κ1) is 17.2. The summed E-state index contributed by atoms with van der Waals surface area (Å²) < 4.78 is 10.7. The third-order valence-electron chi connectivity index (χ3n) is 3.89. The summed E-state index contributed by atoms with van der Waals surface area (Å²) in [7, 11) is 1.85. The van der Waals surface area contributed by atoms with Crippen LogP contribution in [0.1, 0.15) is 25.7 Å². The van der Waals surface area contributed by atoms with E-state index in [4.69, 9.17) is 9.47 Å². The molecule has 1 aromatic rings. The molecule has 7 nitrogen and oxygen atoms in total. The summed E-state index contributed by atoms with van der Waals surface area (Å²) >= 11 is 0. The Morgan fingerprint density at radius 3 is 2.78 bits per heavy atom. The molecule has 1 unspecified atom stereocenters. The monoisotopic (exact) mass is 322 g/mol. The van der Waals surface area contributed by atoms with Gasteiger partial charge in [-0.15, -0.1) is 0 Å². The van der Waals surface area contributed by atoms with Crippen molar-refractivity contribution in [2.45, 2.75) is 31.8 Å². The Labute approximate surface area is 135 Å². The number of nitro groups is 1. The SMILES string of the molecule is CN(CCOC(=O)CCC1CCCO1)c1ccc([N+](=O)[O-])cc1. The second-order valence-corrected chi connectivity index (χ2v) is 5.59. The first-order chi connectivity index (χ1) is 11.1. The molecule has 7 heteroatoms. The molecule has 0 aliphatic carbocycles. The quantitative estimate of drug-likeness (QED) is 0.415. The molecule has 2 rings (SSSR count). The third kappa shape index (κ3) is 5.52. The number of nitro benzene ring substituents is 1. The molecule has 0 spiro atoms. The number of carbonyl (C=O) groups is 1. The zero-order chi connectivity index (χ0) is 16.7. The van der Waals surface area contributed by atoms with E-state index < -0.39 is 4.92 Å². The number of nitrogens with zero attached hydrogens (tertiary/aromatic N) is 2. The van der Waals surface area contributed by atoms with E-state index in [9.17, 15) is 14.9 Å². The number of ether oxygens (including phenoxy) is 2. The molecule has 1 saturated heterocycles. The minimum atomic E-state index is -0.431. The number of anilines is 1. The summed E-state index contributed by atoms with van der Waals surface area (Å²) in [6.07, 6.45) is 3.39. The molecule has 1 aliphatic rings. The van der Waals surface area contributed by atoms with E-state index in [1.54, 1.807) is 12.1 Å². The summed E-state index contributed by atoms with van der Waals surface area (Å²) in [5, 5.41) is 10.6. The molecule has 0 radical (unpaired) electrons. The van der Waals surface area contributed by atoms with Crippen LogP contribution in [0.2, 0.25) is 0 Å². The maximum atomic E-state index is 11.7. The lowest BCUT2D eigenvalue weighted by molar-refractivity contribution is -0.384. The summed E-state index contributed by atoms with van der Waals surface area (Å²) in [6, 6.07) is 6.27. The molecule has 23 heavy (non-hydrogen) atoms. The molecular formula is C16H22N2O5. The van der Waals surface area contributed by atoms with Gasteiger partial charge in [0.15, 0.2) is 0 Å². The van der Waals surface area contributed by atoms with Gasteiger partial charge in [-0.05, 0) is 31.4 Å². The Morgan fingerprint density at radius 2 is 2.17 bits per heavy atom. The average Bonchev–Trinajstić information content (AvgIpc) is 3.06. The molecule has 1 atom stereocenters. The van der Waals surface area contributed by atoms with Crippen molar-refractivity contribution in [3.8, 4) is 0 Å². The summed E-state index contributed by atoms with van der Waals surface area (Å²) in [5.41, 5.74) is 0.897. The van der Waals surface area contributed by atoms with Crippen molar-refractivity contribution in [2.24, 2.45) is 0 Å². The Bertz CT molecular complexity index is 526. The van der Waals surface area contributed by atoms with E-state index in [0.29, 0.717) is 13.0 Å². The van der Waals surface area contributed by atoms with Gasteiger partial charge in [0, 0.05) is 37.9 Å². The number of likely N-dealkylation sites (N-methyl/N-ethyl adjacent to an activating group) is 1. The molecular weight excluding hydrogens is 300 g/mol. The lowest BCUT2D eigenvalue weighted by Crippen LogP contribution is -2.24. The fourth-order valence-corrected chi connectivity index (χ4v) is 2.48. The lowest BCUT2D eigenvalue weighted by Gasteiger charge is -2.19. The van der Waals surface area contributed by atoms with Gasteiger partial charge in [0.05, 0.1) is 17.6 Å². The van der Waals surface area contributed by atoms with Gasteiger partial charge in [0.25, 0.3) is 5.69 Å². The van der Waals surface area contributed by atoms with E-state index >= 15 is 0 Å². The molecule has 0 bridgehead atoms. The van der Waals surface area contributed by atoms with Crippen LogP contribution in [0.3, 0.4) is 0 Å². The molecule has 0 aromatic heterocycles. The van der Waals surface area contributed by atoms with Crippen molar-refractivity contribution in [3.63, 3.8) is 0 Å². The van der Waals surface area contributed by atoms with E-state index in [2.05, 4.69) is 0 Å². The number of benzene rings is 1. The van der Waals surface area contributed by atoms with Crippen molar-refractivity contribution in [1.29, 1.82) is 0 Å². The normalized spacial score (nSPS) is 17.0. The minimum Gasteiger partial charge on any atom is -0.464 e. The Hall–Kier alpha value is -2.15. The Balaban J connectivity index is 1.66. The second kappa shape index (κ2) is 8.47. The summed E-state index contributed by atoms with van der Waals surface area (Å²) in [4.78, 5) is 23.7. The summed E-state index contributed by atoms with van der Waals surface area (Å²) in [5.74, 6) is -0.211. The van der Waals surface area contributed by atoms with Gasteiger partial charge >= 0.3 is 5.97 Å². The predicted octanol–water partition coefficient (Wildman–Crippen LogP) is 2.53. The van der Waals surface area contributed by atoms with E-state index in [1.807, 2.05) is 11.9 Å². The van der Waals surface area contributed by atoms with Gasteiger partial charge < -0.3 is 14.4 Å². The molecule has 1 heterocycles. The number of esters is 1. The van der Waals surface area contributed by atoms with Crippen LogP contribution in [-0.4, -0.2) is 43.8 Å². The van der Waals surface area contributed by atoms with Gasteiger partial charge in [-0.2, -0.15) is 0 Å². The number of rotatable bonds is 8. The Morgan fingerprint density at radius 1 is 1.43 bits per heavy atom. The molecule has 1 aromatic carbocycles. The highest BCUT2D eigenvalue weighted by Crippen LogP contribution is 2.18. The van der Waals surface area contributed by atoms with Crippen LogP contribution in [0, 0.1) is 10.1 Å². The minimum absolute atomic E-state index is 0.0581. The van der Waals surface area contributed by atoms with Crippen molar-refractivity contribution < 1.29 is 19.2 Å². The molecule has 1 fully saturated rings. The van der Waals surface area contributed by atoms with Gasteiger partial charge in [-0.3, -0.25) is 14.9 Å². The molecule has 0 saturated carbocycles. The van der Waals surface area contributed by atoms with Crippen LogP contribution in [-0.2, 0) is 14.3 Å². The van der Waals surface area contributed by atoms with Gasteiger partial charge in [-0.1, -0.05) is 0 Å². The number of carbonyl (C=O) groups excluding carboxylic acids is 1. The fourth-order valence-electron chi connectivity index (χ4n) is 2.48. The highest BCUT2D eigenvalue weighted by molar-refractivity contribution is 5.69. The zero-order valence-corrected chi connectivity index (χ0v) is 13.3.